The first-order valence-electron chi connectivity index (χ1n) is 7.29. The van der Waals surface area contributed by atoms with Gasteiger partial charge in [-0.15, -0.1) is 0 Å². The highest BCUT2D eigenvalue weighted by molar-refractivity contribution is 6.30. The Morgan fingerprint density at radius 3 is 3.05 bits per heavy atom. The number of Topliss-reactive ketones (excluding diaryl/α,β-unsaturated/α-hetero) is 1. The lowest BCUT2D eigenvalue weighted by molar-refractivity contribution is -0.124. The highest BCUT2D eigenvalue weighted by atomic mass is 35.5. The molecule has 1 heterocycles. The summed E-state index contributed by atoms with van der Waals surface area (Å²) in [4.78, 5) is 16.2. The number of hydrogen-bond donors (Lipinski definition) is 0. The van der Waals surface area contributed by atoms with E-state index in [-0.39, 0.29) is 5.92 Å². The van der Waals surface area contributed by atoms with E-state index in [9.17, 15) is 4.79 Å². The minimum atomic E-state index is 0.0539. The molecule has 1 atom stereocenters. The van der Waals surface area contributed by atoms with Crippen molar-refractivity contribution in [2.45, 2.75) is 38.5 Å². The molecule has 110 valence electrons. The summed E-state index contributed by atoms with van der Waals surface area (Å²) in [5.41, 5.74) is 1.04. The molecule has 1 unspecified atom stereocenters. The van der Waals surface area contributed by atoms with Gasteiger partial charge in [-0.25, -0.2) is 0 Å². The first-order valence-corrected chi connectivity index (χ1v) is 7.67. The number of rotatable bonds is 4. The van der Waals surface area contributed by atoms with Crippen molar-refractivity contribution in [3.8, 4) is 0 Å². The Morgan fingerprint density at radius 1 is 1.33 bits per heavy atom. The third kappa shape index (κ3) is 3.70. The van der Waals surface area contributed by atoms with Crippen LogP contribution in [-0.2, 0) is 17.6 Å². The van der Waals surface area contributed by atoms with Gasteiger partial charge in [0.15, 0.2) is 5.82 Å². The van der Waals surface area contributed by atoms with Crippen LogP contribution in [0.3, 0.4) is 0 Å². The van der Waals surface area contributed by atoms with Crippen molar-refractivity contribution >= 4 is 17.4 Å². The molecule has 0 amide bonds. The topological polar surface area (TPSA) is 56.0 Å². The van der Waals surface area contributed by atoms with E-state index in [1.165, 1.54) is 0 Å². The maximum atomic E-state index is 11.8. The number of carbonyl (C=O) groups excluding carboxylic acids is 1. The van der Waals surface area contributed by atoms with Crippen molar-refractivity contribution in [1.29, 1.82) is 0 Å². The summed E-state index contributed by atoms with van der Waals surface area (Å²) >= 11 is 5.96. The molecule has 0 saturated heterocycles. The van der Waals surface area contributed by atoms with Gasteiger partial charge in [0.05, 0.1) is 0 Å². The van der Waals surface area contributed by atoms with Crippen LogP contribution in [0.25, 0.3) is 0 Å². The average Bonchev–Trinajstić information content (AvgIpc) is 2.89. The first-order chi connectivity index (χ1) is 10.2. The monoisotopic (exact) mass is 304 g/mol. The fourth-order valence-corrected chi connectivity index (χ4v) is 2.97. The van der Waals surface area contributed by atoms with Crippen LogP contribution in [0, 0.1) is 5.92 Å². The zero-order valence-electron chi connectivity index (χ0n) is 11.7. The van der Waals surface area contributed by atoms with Crippen LogP contribution in [0.5, 0.6) is 0 Å². The van der Waals surface area contributed by atoms with E-state index in [0.29, 0.717) is 41.8 Å². The number of carbonyl (C=O) groups is 1. The predicted octanol–water partition coefficient (Wildman–Crippen LogP) is 3.62. The molecule has 0 bridgehead atoms. The second-order valence-electron chi connectivity index (χ2n) is 5.52. The lowest BCUT2D eigenvalue weighted by Crippen LogP contribution is -2.21. The molecule has 1 aliphatic carbocycles. The molecule has 5 heteroatoms. The molecule has 1 aliphatic rings. The summed E-state index contributed by atoms with van der Waals surface area (Å²) in [6.07, 6.45) is 4.90. The molecule has 0 N–H and O–H groups in total. The molecule has 4 nitrogen and oxygen atoms in total. The van der Waals surface area contributed by atoms with Crippen molar-refractivity contribution in [3.63, 3.8) is 0 Å². The van der Waals surface area contributed by atoms with E-state index in [1.807, 2.05) is 24.3 Å². The second-order valence-corrected chi connectivity index (χ2v) is 5.96. The van der Waals surface area contributed by atoms with Crippen LogP contribution in [0.2, 0.25) is 5.02 Å². The van der Waals surface area contributed by atoms with Crippen LogP contribution in [0.4, 0.5) is 0 Å². The summed E-state index contributed by atoms with van der Waals surface area (Å²) in [5, 5.41) is 4.69. The molecule has 21 heavy (non-hydrogen) atoms. The third-order valence-electron chi connectivity index (χ3n) is 3.86. The number of benzene rings is 1. The highest BCUT2D eigenvalue weighted by Crippen LogP contribution is 2.23. The molecule has 0 spiro atoms. The quantitative estimate of drug-likeness (QED) is 0.865. The van der Waals surface area contributed by atoms with Crippen molar-refractivity contribution in [1.82, 2.24) is 10.1 Å². The third-order valence-corrected chi connectivity index (χ3v) is 4.10. The minimum Gasteiger partial charge on any atom is -0.339 e. The molecule has 1 fully saturated rings. The Morgan fingerprint density at radius 2 is 2.24 bits per heavy atom. The molecule has 1 aromatic heterocycles. The Hall–Kier alpha value is -1.68. The molecule has 2 aromatic rings. The normalized spacial score (nSPS) is 18.9. The Labute approximate surface area is 128 Å². The molecule has 1 aromatic carbocycles. The smallest absolute Gasteiger partial charge is 0.227 e. The van der Waals surface area contributed by atoms with Gasteiger partial charge in [-0.3, -0.25) is 4.79 Å². The summed E-state index contributed by atoms with van der Waals surface area (Å²) in [5.74, 6) is 1.58. The van der Waals surface area contributed by atoms with Gasteiger partial charge in [0.2, 0.25) is 5.89 Å². The fourth-order valence-electron chi connectivity index (χ4n) is 2.76. The van der Waals surface area contributed by atoms with E-state index in [1.54, 1.807) is 0 Å². The van der Waals surface area contributed by atoms with Gasteiger partial charge >= 0.3 is 0 Å². The van der Waals surface area contributed by atoms with Crippen LogP contribution >= 0.6 is 11.6 Å². The van der Waals surface area contributed by atoms with Crippen molar-refractivity contribution < 1.29 is 9.32 Å². The minimum absolute atomic E-state index is 0.0539. The Bertz CT molecular complexity index is 639. The van der Waals surface area contributed by atoms with Crippen molar-refractivity contribution in [2.24, 2.45) is 5.92 Å². The van der Waals surface area contributed by atoms with Crippen LogP contribution in [0.1, 0.15) is 43.0 Å². The molecular formula is C16H17ClN2O2. The maximum Gasteiger partial charge on any atom is 0.227 e. The molecule has 0 radical (unpaired) electrons. The lowest BCUT2D eigenvalue weighted by Gasteiger charge is -2.18. The van der Waals surface area contributed by atoms with E-state index in [0.717, 1.165) is 24.8 Å². The van der Waals surface area contributed by atoms with Crippen LogP contribution in [0.15, 0.2) is 28.8 Å². The Balaban J connectivity index is 1.64. The summed E-state index contributed by atoms with van der Waals surface area (Å²) in [6.45, 7) is 0. The van der Waals surface area contributed by atoms with Gasteiger partial charge in [0.1, 0.15) is 5.78 Å². The number of aromatic nitrogens is 2. The zero-order chi connectivity index (χ0) is 14.7. The van der Waals surface area contributed by atoms with Gasteiger partial charge in [-0.05, 0) is 30.5 Å². The number of hydrogen-bond acceptors (Lipinski definition) is 4. The van der Waals surface area contributed by atoms with Crippen LogP contribution < -0.4 is 0 Å². The van der Waals surface area contributed by atoms with E-state index < -0.39 is 0 Å². The molecule has 1 saturated carbocycles. The Kier molecular flexibility index (Phi) is 4.34. The molecular weight excluding hydrogens is 288 g/mol. The van der Waals surface area contributed by atoms with Gasteiger partial charge in [0.25, 0.3) is 0 Å². The zero-order valence-corrected chi connectivity index (χ0v) is 12.5. The number of halogens is 1. The fraction of sp³-hybridized carbons (Fsp3) is 0.438. The summed E-state index contributed by atoms with van der Waals surface area (Å²) < 4.78 is 5.27. The first kappa shape index (κ1) is 14.3. The average molecular weight is 305 g/mol. The predicted molar refractivity (Wildman–Crippen MR) is 79.2 cm³/mol. The van der Waals surface area contributed by atoms with Gasteiger partial charge in [-0.2, -0.15) is 4.98 Å². The van der Waals surface area contributed by atoms with Gasteiger partial charge in [0, 0.05) is 30.2 Å². The molecule has 0 aliphatic heterocycles. The van der Waals surface area contributed by atoms with Gasteiger partial charge in [-0.1, -0.05) is 35.3 Å². The lowest BCUT2D eigenvalue weighted by atomic mass is 9.86. The second kappa shape index (κ2) is 6.39. The summed E-state index contributed by atoms with van der Waals surface area (Å²) in [7, 11) is 0. The largest absolute Gasteiger partial charge is 0.339 e. The van der Waals surface area contributed by atoms with Crippen molar-refractivity contribution in [3.05, 3.63) is 46.6 Å². The van der Waals surface area contributed by atoms with E-state index in [4.69, 9.17) is 16.1 Å². The molecule has 3 rings (SSSR count). The van der Waals surface area contributed by atoms with Crippen molar-refractivity contribution in [2.75, 3.05) is 0 Å². The van der Waals surface area contributed by atoms with E-state index >= 15 is 0 Å². The maximum absolute atomic E-state index is 11.8. The highest BCUT2D eigenvalue weighted by Gasteiger charge is 2.24. The summed E-state index contributed by atoms with van der Waals surface area (Å²) in [6, 6.07) is 7.61. The number of ketones is 1. The standard InChI is InChI=1S/C16H17ClN2O2/c17-13-6-3-4-11(8-13)9-15-18-16(21-19-15)10-12-5-1-2-7-14(12)20/h3-4,6,8,12H,1-2,5,7,9-10H2. The SMILES string of the molecule is O=C1CCCCC1Cc1nc(Cc2cccc(Cl)c2)no1. The van der Waals surface area contributed by atoms with Crippen LogP contribution in [-0.4, -0.2) is 15.9 Å². The van der Waals surface area contributed by atoms with Gasteiger partial charge < -0.3 is 4.52 Å². The van der Waals surface area contributed by atoms with E-state index in [2.05, 4.69) is 10.1 Å². The number of nitrogens with zero attached hydrogens (tertiary/aromatic N) is 2.